The van der Waals surface area contributed by atoms with Gasteiger partial charge in [-0.2, -0.15) is 0 Å². The quantitative estimate of drug-likeness (QED) is 0.583. The van der Waals surface area contributed by atoms with Crippen molar-refractivity contribution in [2.24, 2.45) is 0 Å². The minimum atomic E-state index is -3.36. The van der Waals surface area contributed by atoms with Gasteiger partial charge in [-0.25, -0.2) is 8.42 Å². The zero-order valence-corrected chi connectivity index (χ0v) is 18.5. The molecule has 5 nitrogen and oxygen atoms in total. The Morgan fingerprint density at radius 2 is 1.48 bits per heavy atom. The lowest BCUT2D eigenvalue weighted by Gasteiger charge is -2.24. The number of sulfonamides is 1. The maximum Gasteiger partial charge on any atom is 0.254 e. The number of benzene rings is 3. The zero-order chi connectivity index (χ0) is 22.0. The van der Waals surface area contributed by atoms with Gasteiger partial charge in [0, 0.05) is 24.7 Å². The molecule has 160 valence electrons. The lowest BCUT2D eigenvalue weighted by Crippen LogP contribution is -2.34. The lowest BCUT2D eigenvalue weighted by atomic mass is 10.1. The Bertz CT molecular complexity index is 1140. The van der Waals surface area contributed by atoms with Crippen LogP contribution in [0.4, 0.5) is 5.69 Å². The summed E-state index contributed by atoms with van der Waals surface area (Å²) in [6, 6.07) is 25.0. The molecular formula is C25H26N2O3S. The van der Waals surface area contributed by atoms with Crippen molar-refractivity contribution in [3.63, 3.8) is 0 Å². The molecule has 1 aliphatic rings. The normalized spacial score (nSPS) is 15.5. The molecule has 0 aromatic heterocycles. The number of fused-ring (bicyclic) bond motifs is 1. The first-order valence-corrected chi connectivity index (χ1v) is 12.2. The average molecular weight is 435 g/mol. The van der Waals surface area contributed by atoms with Crippen molar-refractivity contribution < 1.29 is 13.2 Å². The molecule has 0 N–H and O–H groups in total. The van der Waals surface area contributed by atoms with E-state index in [1.807, 2.05) is 78.6 Å². The van der Waals surface area contributed by atoms with Crippen LogP contribution >= 0.6 is 0 Å². The Morgan fingerprint density at radius 3 is 2.00 bits per heavy atom. The van der Waals surface area contributed by atoms with Gasteiger partial charge in [-0.3, -0.25) is 9.10 Å². The van der Waals surface area contributed by atoms with E-state index in [9.17, 15) is 13.2 Å². The second-order valence-corrected chi connectivity index (χ2v) is 9.95. The van der Waals surface area contributed by atoms with E-state index in [4.69, 9.17) is 0 Å². The van der Waals surface area contributed by atoms with Gasteiger partial charge in [0.05, 0.1) is 11.9 Å². The lowest BCUT2D eigenvalue weighted by molar-refractivity contribution is 0.0730. The third-order valence-electron chi connectivity index (χ3n) is 5.56. The third kappa shape index (κ3) is 4.64. The van der Waals surface area contributed by atoms with Crippen LogP contribution in [0.15, 0.2) is 78.9 Å². The molecule has 6 heteroatoms. The molecular weight excluding hydrogens is 408 g/mol. The molecule has 1 heterocycles. The van der Waals surface area contributed by atoms with Crippen LogP contribution in [0, 0.1) is 0 Å². The molecule has 31 heavy (non-hydrogen) atoms. The summed E-state index contributed by atoms with van der Waals surface area (Å²) >= 11 is 0. The standard InChI is InChI=1S/C25H26N2O3S/c1-19-15-23-16-22(13-14-24(23)27(19)31(2,29)30)25(28)26(17-20-9-5-3-6-10-20)18-21-11-7-4-8-12-21/h3-14,16,19H,15,17-18H2,1-2H3. The van der Waals surface area contributed by atoms with Crippen molar-refractivity contribution in [1.29, 1.82) is 0 Å². The van der Waals surface area contributed by atoms with Crippen molar-refractivity contribution in [2.75, 3.05) is 10.6 Å². The van der Waals surface area contributed by atoms with Crippen LogP contribution in [0.1, 0.15) is 34.0 Å². The van der Waals surface area contributed by atoms with E-state index in [1.54, 1.807) is 12.1 Å². The fraction of sp³-hybridized carbons (Fsp3) is 0.240. The summed E-state index contributed by atoms with van der Waals surface area (Å²) in [5.41, 5.74) is 4.26. The molecule has 1 unspecified atom stereocenters. The number of amides is 1. The van der Waals surface area contributed by atoms with Gasteiger partial charge in [0.2, 0.25) is 10.0 Å². The van der Waals surface area contributed by atoms with Crippen LogP contribution < -0.4 is 4.31 Å². The molecule has 3 aromatic rings. The molecule has 1 amide bonds. The van der Waals surface area contributed by atoms with Crippen molar-refractivity contribution >= 4 is 21.6 Å². The Labute approximate surface area is 184 Å². The average Bonchev–Trinajstić information content (AvgIpc) is 3.09. The highest BCUT2D eigenvalue weighted by atomic mass is 32.2. The van der Waals surface area contributed by atoms with Crippen molar-refractivity contribution in [1.82, 2.24) is 4.90 Å². The number of hydrogen-bond donors (Lipinski definition) is 0. The number of anilines is 1. The Morgan fingerprint density at radius 1 is 0.935 bits per heavy atom. The molecule has 0 fully saturated rings. The van der Waals surface area contributed by atoms with Crippen LogP contribution in [0.25, 0.3) is 0 Å². The van der Waals surface area contributed by atoms with Gasteiger partial charge >= 0.3 is 0 Å². The van der Waals surface area contributed by atoms with Gasteiger partial charge in [-0.05, 0) is 48.2 Å². The van der Waals surface area contributed by atoms with E-state index < -0.39 is 10.0 Å². The molecule has 0 radical (unpaired) electrons. The van der Waals surface area contributed by atoms with Crippen LogP contribution in [0.2, 0.25) is 0 Å². The topological polar surface area (TPSA) is 57.7 Å². The Balaban J connectivity index is 1.65. The fourth-order valence-corrected chi connectivity index (χ4v) is 5.49. The summed E-state index contributed by atoms with van der Waals surface area (Å²) in [6.07, 6.45) is 1.82. The fourth-order valence-electron chi connectivity index (χ4n) is 4.23. The van der Waals surface area contributed by atoms with E-state index in [2.05, 4.69) is 0 Å². The molecule has 1 atom stereocenters. The second-order valence-electron chi connectivity index (χ2n) is 8.09. The van der Waals surface area contributed by atoms with Gasteiger partial charge in [0.15, 0.2) is 0 Å². The van der Waals surface area contributed by atoms with Crippen LogP contribution in [0.3, 0.4) is 0 Å². The summed E-state index contributed by atoms with van der Waals surface area (Å²) in [7, 11) is -3.36. The van der Waals surface area contributed by atoms with Crippen LogP contribution in [-0.4, -0.2) is 31.5 Å². The van der Waals surface area contributed by atoms with E-state index in [0.717, 1.165) is 16.7 Å². The molecule has 3 aromatic carbocycles. The number of carbonyl (C=O) groups excluding carboxylic acids is 1. The first-order valence-electron chi connectivity index (χ1n) is 10.3. The van der Waals surface area contributed by atoms with Crippen molar-refractivity contribution in [3.8, 4) is 0 Å². The Hall–Kier alpha value is -3.12. The highest BCUT2D eigenvalue weighted by Crippen LogP contribution is 2.35. The molecule has 0 saturated carbocycles. The predicted octanol–water partition coefficient (Wildman–Crippen LogP) is 4.24. The first-order chi connectivity index (χ1) is 14.8. The van der Waals surface area contributed by atoms with Crippen LogP contribution in [0.5, 0.6) is 0 Å². The third-order valence-corrected chi connectivity index (χ3v) is 6.83. The van der Waals surface area contributed by atoms with E-state index in [1.165, 1.54) is 10.6 Å². The maximum absolute atomic E-state index is 13.5. The van der Waals surface area contributed by atoms with Crippen molar-refractivity contribution in [3.05, 3.63) is 101 Å². The van der Waals surface area contributed by atoms with Gasteiger partial charge in [0.25, 0.3) is 5.91 Å². The second kappa shape index (κ2) is 8.55. The minimum Gasteiger partial charge on any atom is -0.330 e. The largest absolute Gasteiger partial charge is 0.330 e. The predicted molar refractivity (Wildman–Crippen MR) is 123 cm³/mol. The zero-order valence-electron chi connectivity index (χ0n) is 17.7. The molecule has 0 spiro atoms. The number of hydrogen-bond acceptors (Lipinski definition) is 3. The molecule has 0 aliphatic carbocycles. The highest BCUT2D eigenvalue weighted by Gasteiger charge is 2.33. The van der Waals surface area contributed by atoms with E-state index in [0.29, 0.717) is 30.8 Å². The van der Waals surface area contributed by atoms with E-state index in [-0.39, 0.29) is 11.9 Å². The Kier molecular flexibility index (Phi) is 5.83. The summed E-state index contributed by atoms with van der Waals surface area (Å²) in [5, 5.41) is 0. The molecule has 4 rings (SSSR count). The van der Waals surface area contributed by atoms with Crippen molar-refractivity contribution in [2.45, 2.75) is 32.5 Å². The van der Waals surface area contributed by atoms with E-state index >= 15 is 0 Å². The summed E-state index contributed by atoms with van der Waals surface area (Å²) in [6.45, 7) is 2.88. The van der Waals surface area contributed by atoms with Gasteiger partial charge in [-0.15, -0.1) is 0 Å². The molecule has 1 aliphatic heterocycles. The van der Waals surface area contributed by atoms with Crippen LogP contribution in [-0.2, 0) is 29.5 Å². The first kappa shape index (κ1) is 21.1. The monoisotopic (exact) mass is 434 g/mol. The molecule has 0 saturated heterocycles. The maximum atomic E-state index is 13.5. The molecule has 0 bridgehead atoms. The number of rotatable bonds is 6. The summed E-state index contributed by atoms with van der Waals surface area (Å²) in [5.74, 6) is -0.0686. The summed E-state index contributed by atoms with van der Waals surface area (Å²) < 4.78 is 25.8. The number of nitrogens with zero attached hydrogens (tertiary/aromatic N) is 2. The minimum absolute atomic E-state index is 0.0686. The summed E-state index contributed by atoms with van der Waals surface area (Å²) in [4.78, 5) is 15.3. The van der Waals surface area contributed by atoms with Gasteiger partial charge < -0.3 is 4.90 Å². The smallest absolute Gasteiger partial charge is 0.254 e. The highest BCUT2D eigenvalue weighted by molar-refractivity contribution is 7.92. The number of carbonyl (C=O) groups is 1. The van der Waals surface area contributed by atoms with Gasteiger partial charge in [0.1, 0.15) is 0 Å². The van der Waals surface area contributed by atoms with Gasteiger partial charge in [-0.1, -0.05) is 60.7 Å². The SMILES string of the molecule is CC1Cc2cc(C(=O)N(Cc3ccccc3)Cc3ccccc3)ccc2N1S(C)(=O)=O.